The largest absolute Gasteiger partial charge is 0.457 e. The minimum Gasteiger partial charge on any atom is -0.457 e. The van der Waals surface area contributed by atoms with Crippen LogP contribution in [0.5, 0.6) is 23.0 Å². The van der Waals surface area contributed by atoms with Gasteiger partial charge in [-0.1, -0.05) is 24.3 Å². The van der Waals surface area contributed by atoms with Crippen LogP contribution in [0, 0.1) is 0 Å². The molecule has 0 saturated heterocycles. The molecule has 0 aliphatic heterocycles. The van der Waals surface area contributed by atoms with Gasteiger partial charge in [-0.15, -0.1) is 0 Å². The minimum absolute atomic E-state index is 0.769. The Morgan fingerprint density at radius 2 is 0.692 bits per heavy atom. The van der Waals surface area contributed by atoms with E-state index in [0.29, 0.717) is 0 Å². The fourth-order valence-corrected chi connectivity index (χ4v) is 2.52. The highest BCUT2D eigenvalue weighted by molar-refractivity contribution is 5.65. The summed E-state index contributed by atoms with van der Waals surface area (Å²) in [4.78, 5) is 7.96. The van der Waals surface area contributed by atoms with Gasteiger partial charge in [-0.2, -0.15) is 0 Å². The molecule has 0 fully saturated rings. The van der Waals surface area contributed by atoms with Crippen LogP contribution in [-0.2, 0) is 0 Å². The van der Waals surface area contributed by atoms with Gasteiger partial charge in [0.25, 0.3) is 0 Å². The Hall–Kier alpha value is -3.66. The second kappa shape index (κ2) is 7.49. The van der Waals surface area contributed by atoms with Crippen molar-refractivity contribution in [3.05, 3.63) is 97.6 Å². The summed E-state index contributed by atoms with van der Waals surface area (Å²) in [7, 11) is 0. The second-order valence-corrected chi connectivity index (χ2v) is 5.62. The predicted molar refractivity (Wildman–Crippen MR) is 101 cm³/mol. The first kappa shape index (κ1) is 15.8. The molecule has 126 valence electrons. The summed E-state index contributed by atoms with van der Waals surface area (Å²) in [5.41, 5.74) is 2.23. The maximum absolute atomic E-state index is 5.79. The molecule has 2 heterocycles. The molecule has 0 bridgehead atoms. The Morgan fingerprint density at radius 1 is 0.385 bits per heavy atom. The van der Waals surface area contributed by atoms with Gasteiger partial charge in [-0.05, 0) is 59.7 Å². The fourth-order valence-electron chi connectivity index (χ4n) is 2.52. The molecule has 0 spiro atoms. The Bertz CT molecular complexity index is 871. The van der Waals surface area contributed by atoms with E-state index in [-0.39, 0.29) is 0 Å². The average molecular weight is 340 g/mol. The van der Waals surface area contributed by atoms with Gasteiger partial charge < -0.3 is 9.47 Å². The lowest BCUT2D eigenvalue weighted by atomic mass is 10.1. The van der Waals surface area contributed by atoms with E-state index in [9.17, 15) is 0 Å². The molecular weight excluding hydrogens is 324 g/mol. The first-order chi connectivity index (χ1) is 12.9. The number of rotatable bonds is 5. The smallest absolute Gasteiger partial charge is 0.130 e. The van der Waals surface area contributed by atoms with Crippen molar-refractivity contribution in [3.8, 4) is 34.1 Å². The summed E-state index contributed by atoms with van der Waals surface area (Å²) >= 11 is 0. The van der Waals surface area contributed by atoms with E-state index in [4.69, 9.17) is 9.47 Å². The van der Waals surface area contributed by atoms with Crippen molar-refractivity contribution >= 4 is 0 Å². The summed E-state index contributed by atoms with van der Waals surface area (Å²) in [6.07, 6.45) is 6.83. The van der Waals surface area contributed by atoms with Crippen LogP contribution in [0.1, 0.15) is 0 Å². The van der Waals surface area contributed by atoms with E-state index < -0.39 is 0 Å². The second-order valence-electron chi connectivity index (χ2n) is 5.62. The van der Waals surface area contributed by atoms with Gasteiger partial charge in [-0.3, -0.25) is 9.97 Å². The Labute approximate surface area is 151 Å². The van der Waals surface area contributed by atoms with Crippen LogP contribution in [0.4, 0.5) is 0 Å². The maximum atomic E-state index is 5.79. The van der Waals surface area contributed by atoms with Crippen LogP contribution in [0.2, 0.25) is 0 Å². The van der Waals surface area contributed by atoms with Crippen LogP contribution in [0.15, 0.2) is 97.6 Å². The molecule has 4 aromatic rings. The highest BCUT2D eigenvalue weighted by Crippen LogP contribution is 2.28. The van der Waals surface area contributed by atoms with Crippen LogP contribution in [0.25, 0.3) is 11.1 Å². The Morgan fingerprint density at radius 3 is 1.04 bits per heavy atom. The summed E-state index contributed by atoms with van der Waals surface area (Å²) in [5.74, 6) is 3.12. The Kier molecular flexibility index (Phi) is 4.56. The normalized spacial score (nSPS) is 10.3. The van der Waals surface area contributed by atoms with Crippen LogP contribution in [0.3, 0.4) is 0 Å². The van der Waals surface area contributed by atoms with Crippen LogP contribution < -0.4 is 9.47 Å². The average Bonchev–Trinajstić information content (AvgIpc) is 2.71. The first-order valence-corrected chi connectivity index (χ1v) is 8.23. The van der Waals surface area contributed by atoms with Crippen molar-refractivity contribution in [2.45, 2.75) is 0 Å². The molecule has 4 heteroatoms. The summed E-state index contributed by atoms with van der Waals surface area (Å²) < 4.78 is 11.6. The monoisotopic (exact) mass is 340 g/mol. The van der Waals surface area contributed by atoms with Crippen molar-refractivity contribution in [1.82, 2.24) is 9.97 Å². The van der Waals surface area contributed by atoms with Gasteiger partial charge in [0.15, 0.2) is 0 Å². The molecule has 0 N–H and O–H groups in total. The number of aromatic nitrogens is 2. The lowest BCUT2D eigenvalue weighted by Gasteiger charge is -2.08. The molecule has 26 heavy (non-hydrogen) atoms. The van der Waals surface area contributed by atoms with E-state index in [0.717, 1.165) is 34.1 Å². The van der Waals surface area contributed by atoms with Crippen molar-refractivity contribution < 1.29 is 9.47 Å². The molecule has 0 radical (unpaired) electrons. The molecule has 0 aliphatic carbocycles. The van der Waals surface area contributed by atoms with Gasteiger partial charge >= 0.3 is 0 Å². The third-order valence-corrected chi connectivity index (χ3v) is 3.81. The third-order valence-electron chi connectivity index (χ3n) is 3.81. The predicted octanol–water partition coefficient (Wildman–Crippen LogP) is 5.73. The van der Waals surface area contributed by atoms with Crippen LogP contribution in [-0.4, -0.2) is 9.97 Å². The topological polar surface area (TPSA) is 44.2 Å². The van der Waals surface area contributed by atoms with Crippen molar-refractivity contribution in [2.24, 2.45) is 0 Å². The molecule has 4 nitrogen and oxygen atoms in total. The number of hydrogen-bond donors (Lipinski definition) is 0. The van der Waals surface area contributed by atoms with E-state index >= 15 is 0 Å². The number of nitrogens with zero attached hydrogens (tertiary/aromatic N) is 2. The standard InChI is InChI=1S/C22H16N2O2/c1-5-19(25-21-9-13-23-14-10-21)6-2-17(1)18-3-7-20(8-4-18)26-22-11-15-24-16-12-22/h1-16H. The molecule has 0 saturated carbocycles. The lowest BCUT2D eigenvalue weighted by Crippen LogP contribution is -1.86. The molecule has 4 rings (SSSR count). The molecule has 0 aliphatic rings. The summed E-state index contributed by atoms with van der Waals surface area (Å²) in [6.45, 7) is 0. The molecule has 0 amide bonds. The fraction of sp³-hybridized carbons (Fsp3) is 0. The van der Waals surface area contributed by atoms with Crippen LogP contribution >= 0.6 is 0 Å². The van der Waals surface area contributed by atoms with Gasteiger partial charge in [0.1, 0.15) is 23.0 Å². The van der Waals surface area contributed by atoms with E-state index in [1.54, 1.807) is 24.8 Å². The van der Waals surface area contributed by atoms with Gasteiger partial charge in [-0.25, -0.2) is 0 Å². The maximum Gasteiger partial charge on any atom is 0.130 e. The number of pyridine rings is 2. The van der Waals surface area contributed by atoms with Crippen molar-refractivity contribution in [2.75, 3.05) is 0 Å². The minimum atomic E-state index is 0.769. The zero-order valence-electron chi connectivity index (χ0n) is 13.9. The number of ether oxygens (including phenoxy) is 2. The molecule has 0 unspecified atom stereocenters. The van der Waals surface area contributed by atoms with Crippen molar-refractivity contribution in [3.63, 3.8) is 0 Å². The quantitative estimate of drug-likeness (QED) is 0.465. The summed E-state index contributed by atoms with van der Waals surface area (Å²) in [6, 6.07) is 23.3. The highest BCUT2D eigenvalue weighted by atomic mass is 16.5. The Balaban J connectivity index is 1.45. The molecule has 2 aromatic heterocycles. The number of hydrogen-bond acceptors (Lipinski definition) is 4. The van der Waals surface area contributed by atoms with E-state index in [1.165, 1.54) is 0 Å². The third kappa shape index (κ3) is 3.87. The lowest BCUT2D eigenvalue weighted by molar-refractivity contribution is 0.481. The van der Waals surface area contributed by atoms with Crippen molar-refractivity contribution in [1.29, 1.82) is 0 Å². The van der Waals surface area contributed by atoms with Gasteiger partial charge in [0.05, 0.1) is 0 Å². The van der Waals surface area contributed by atoms with E-state index in [2.05, 4.69) is 9.97 Å². The zero-order valence-corrected chi connectivity index (χ0v) is 13.9. The molecular formula is C22H16N2O2. The SMILES string of the molecule is c1cc(Oc2ccc(-c3ccc(Oc4ccncc4)cc3)cc2)ccn1. The first-order valence-electron chi connectivity index (χ1n) is 8.23. The zero-order chi connectivity index (χ0) is 17.6. The molecule has 0 atom stereocenters. The van der Waals surface area contributed by atoms with E-state index in [1.807, 2.05) is 72.8 Å². The van der Waals surface area contributed by atoms with Gasteiger partial charge in [0, 0.05) is 24.8 Å². The number of benzene rings is 2. The van der Waals surface area contributed by atoms with Gasteiger partial charge in [0.2, 0.25) is 0 Å². The molecule has 2 aromatic carbocycles. The highest BCUT2D eigenvalue weighted by Gasteiger charge is 2.02. The summed E-state index contributed by atoms with van der Waals surface area (Å²) in [5, 5.41) is 0.